The summed E-state index contributed by atoms with van der Waals surface area (Å²) < 4.78 is 0. The van der Waals surface area contributed by atoms with Gasteiger partial charge in [0.25, 0.3) is 5.91 Å². The summed E-state index contributed by atoms with van der Waals surface area (Å²) in [4.78, 5) is 24.1. The van der Waals surface area contributed by atoms with Crippen LogP contribution >= 0.6 is 0 Å². The second kappa shape index (κ2) is 8.86. The number of benzene rings is 1. The molecule has 6 heteroatoms. The Bertz CT molecular complexity index is 903. The molecular weight excluding hydrogens is 374 g/mol. The fraction of sp³-hybridized carbons (Fsp3) is 0.458. The third-order valence-corrected chi connectivity index (χ3v) is 6.22. The van der Waals surface area contributed by atoms with E-state index in [1.807, 2.05) is 23.1 Å². The Morgan fingerprint density at radius 2 is 1.93 bits per heavy atom. The molecule has 2 aliphatic heterocycles. The van der Waals surface area contributed by atoms with Crippen LogP contribution in [0.4, 0.5) is 11.4 Å². The minimum Gasteiger partial charge on any atom is -0.371 e. The Kier molecular flexibility index (Phi) is 6.02. The van der Waals surface area contributed by atoms with Crippen molar-refractivity contribution in [3.63, 3.8) is 0 Å². The lowest BCUT2D eigenvalue weighted by atomic mass is 9.83. The summed E-state index contributed by atoms with van der Waals surface area (Å²) in [5, 5.41) is 7.42. The van der Waals surface area contributed by atoms with Crippen molar-refractivity contribution < 1.29 is 4.79 Å². The molecular formula is C24H31N5O. The first kappa shape index (κ1) is 20.4. The summed E-state index contributed by atoms with van der Waals surface area (Å²) in [6, 6.07) is 12.3. The number of hydrogen-bond acceptors (Lipinski definition) is 4. The number of carbonyl (C=O) groups is 1. The van der Waals surface area contributed by atoms with Gasteiger partial charge in [0.2, 0.25) is 0 Å². The Labute approximate surface area is 178 Å². The zero-order valence-electron chi connectivity index (χ0n) is 17.9. The Morgan fingerprint density at radius 1 is 1.17 bits per heavy atom. The number of piperidine rings is 1. The van der Waals surface area contributed by atoms with Crippen molar-refractivity contribution in [2.45, 2.75) is 57.5 Å². The molecule has 1 atom stereocenters. The second-order valence-corrected chi connectivity index (χ2v) is 8.24. The van der Waals surface area contributed by atoms with E-state index in [0.29, 0.717) is 24.7 Å². The smallest absolute Gasteiger partial charge is 0.255 e. The van der Waals surface area contributed by atoms with E-state index in [0.717, 1.165) is 49.3 Å². The molecule has 1 fully saturated rings. The number of rotatable bonds is 5. The monoisotopic (exact) mass is 405 g/mol. The van der Waals surface area contributed by atoms with Gasteiger partial charge in [-0.15, -0.1) is 0 Å². The molecule has 1 aromatic heterocycles. The maximum Gasteiger partial charge on any atom is 0.255 e. The zero-order chi connectivity index (χ0) is 21.0. The molecule has 1 saturated heterocycles. The lowest BCUT2D eigenvalue weighted by Crippen LogP contribution is -2.59. The van der Waals surface area contributed by atoms with Crippen LogP contribution in [-0.2, 0) is 0 Å². The van der Waals surface area contributed by atoms with Crippen LogP contribution < -0.4 is 10.6 Å². The first-order valence-corrected chi connectivity index (χ1v) is 11.1. The number of amidine groups is 1. The van der Waals surface area contributed by atoms with Crippen molar-refractivity contribution in [1.82, 2.24) is 9.88 Å². The largest absolute Gasteiger partial charge is 0.371 e. The van der Waals surface area contributed by atoms with Crippen LogP contribution in [0.5, 0.6) is 0 Å². The van der Waals surface area contributed by atoms with E-state index in [1.54, 1.807) is 12.4 Å². The van der Waals surface area contributed by atoms with Gasteiger partial charge in [0, 0.05) is 25.5 Å². The third-order valence-electron chi connectivity index (χ3n) is 6.22. The Morgan fingerprint density at radius 3 is 2.60 bits per heavy atom. The molecule has 0 bridgehead atoms. The predicted molar refractivity (Wildman–Crippen MR) is 122 cm³/mol. The standard InChI is InChI=1S/C24H31N5O/c1-3-8-19(4-2)26-23-24(28-21-11-6-5-10-20(21)27-23)12-15-29(16-13-24)22(30)18-9-7-14-25-17-18/h5-7,9-11,14,17,19,28H,3-4,8,12-13,15-16H2,1-2H3,(H,26,27). The lowest BCUT2D eigenvalue weighted by Gasteiger charge is -2.46. The third kappa shape index (κ3) is 4.04. The van der Waals surface area contributed by atoms with Crippen molar-refractivity contribution in [3.8, 4) is 0 Å². The topological polar surface area (TPSA) is 69.6 Å². The lowest BCUT2D eigenvalue weighted by molar-refractivity contribution is 0.0704. The first-order valence-electron chi connectivity index (χ1n) is 11.1. The number of amides is 1. The minimum absolute atomic E-state index is 0.0537. The van der Waals surface area contributed by atoms with Crippen molar-refractivity contribution in [2.75, 3.05) is 23.7 Å². The quantitative estimate of drug-likeness (QED) is 0.764. The SMILES string of the molecule is CCCC(CC)N=C1Nc2ccccc2NC12CCN(C(=O)c1cccnc1)CC2. The van der Waals surface area contributed by atoms with Gasteiger partial charge in [0.15, 0.2) is 0 Å². The van der Waals surface area contributed by atoms with Crippen molar-refractivity contribution in [3.05, 3.63) is 54.4 Å². The molecule has 3 heterocycles. The average Bonchev–Trinajstić information content (AvgIpc) is 2.80. The maximum atomic E-state index is 12.9. The molecule has 2 N–H and O–H groups in total. The molecule has 2 aromatic rings. The number of carbonyl (C=O) groups excluding carboxylic acids is 1. The number of likely N-dealkylation sites (tertiary alicyclic amines) is 1. The Balaban J connectivity index is 1.58. The summed E-state index contributed by atoms with van der Waals surface area (Å²) in [7, 11) is 0. The van der Waals surface area contributed by atoms with Gasteiger partial charge in [-0.2, -0.15) is 0 Å². The van der Waals surface area contributed by atoms with E-state index in [2.05, 4.69) is 47.7 Å². The molecule has 1 spiro atoms. The van der Waals surface area contributed by atoms with E-state index in [1.165, 1.54) is 0 Å². The van der Waals surface area contributed by atoms with Crippen LogP contribution in [0.1, 0.15) is 56.3 Å². The van der Waals surface area contributed by atoms with Crippen LogP contribution in [0.3, 0.4) is 0 Å². The van der Waals surface area contributed by atoms with Crippen molar-refractivity contribution >= 4 is 23.1 Å². The van der Waals surface area contributed by atoms with Gasteiger partial charge in [-0.05, 0) is 49.9 Å². The van der Waals surface area contributed by atoms with E-state index in [4.69, 9.17) is 4.99 Å². The van der Waals surface area contributed by atoms with Crippen LogP contribution in [-0.4, -0.2) is 46.3 Å². The van der Waals surface area contributed by atoms with Gasteiger partial charge in [0.1, 0.15) is 5.84 Å². The highest BCUT2D eigenvalue weighted by Gasteiger charge is 2.43. The van der Waals surface area contributed by atoms with E-state index in [9.17, 15) is 4.79 Å². The van der Waals surface area contributed by atoms with Crippen LogP contribution in [0.15, 0.2) is 53.8 Å². The number of nitrogens with one attached hydrogen (secondary N) is 2. The van der Waals surface area contributed by atoms with E-state index in [-0.39, 0.29) is 11.4 Å². The normalized spacial score (nSPS) is 19.7. The molecule has 2 aliphatic rings. The number of para-hydroxylation sites is 2. The van der Waals surface area contributed by atoms with E-state index < -0.39 is 0 Å². The van der Waals surface area contributed by atoms with Crippen LogP contribution in [0.25, 0.3) is 0 Å². The molecule has 0 saturated carbocycles. The number of anilines is 2. The zero-order valence-corrected chi connectivity index (χ0v) is 17.9. The molecule has 0 radical (unpaired) electrons. The van der Waals surface area contributed by atoms with Gasteiger partial charge in [-0.3, -0.25) is 14.8 Å². The number of nitrogens with zero attached hydrogens (tertiary/aromatic N) is 3. The van der Waals surface area contributed by atoms with Gasteiger partial charge < -0.3 is 15.5 Å². The predicted octanol–water partition coefficient (Wildman–Crippen LogP) is 4.57. The van der Waals surface area contributed by atoms with Crippen molar-refractivity contribution in [2.24, 2.45) is 4.99 Å². The Hall–Kier alpha value is -2.89. The molecule has 1 amide bonds. The van der Waals surface area contributed by atoms with Gasteiger partial charge in [0.05, 0.1) is 28.5 Å². The molecule has 1 unspecified atom stereocenters. The number of fused-ring (bicyclic) bond motifs is 1. The van der Waals surface area contributed by atoms with Crippen LogP contribution in [0, 0.1) is 0 Å². The van der Waals surface area contributed by atoms with Gasteiger partial charge in [-0.25, -0.2) is 0 Å². The maximum absolute atomic E-state index is 12.9. The second-order valence-electron chi connectivity index (χ2n) is 8.24. The number of aromatic nitrogens is 1. The van der Waals surface area contributed by atoms with Crippen LogP contribution in [0.2, 0.25) is 0 Å². The summed E-state index contributed by atoms with van der Waals surface area (Å²) in [5.74, 6) is 1.08. The van der Waals surface area contributed by atoms with Gasteiger partial charge >= 0.3 is 0 Å². The molecule has 4 rings (SSSR count). The average molecular weight is 406 g/mol. The molecule has 6 nitrogen and oxygen atoms in total. The number of hydrogen-bond donors (Lipinski definition) is 2. The molecule has 30 heavy (non-hydrogen) atoms. The highest BCUT2D eigenvalue weighted by molar-refractivity contribution is 6.09. The molecule has 158 valence electrons. The fourth-order valence-electron chi connectivity index (χ4n) is 4.42. The summed E-state index contributed by atoms with van der Waals surface area (Å²) in [6.07, 6.45) is 8.23. The summed E-state index contributed by atoms with van der Waals surface area (Å²) in [6.45, 7) is 5.79. The number of aliphatic imine (C=N–C) groups is 1. The summed E-state index contributed by atoms with van der Waals surface area (Å²) >= 11 is 0. The van der Waals surface area contributed by atoms with Crippen molar-refractivity contribution in [1.29, 1.82) is 0 Å². The minimum atomic E-state index is -0.263. The highest BCUT2D eigenvalue weighted by Crippen LogP contribution is 2.37. The fourth-order valence-corrected chi connectivity index (χ4v) is 4.42. The molecule has 0 aliphatic carbocycles. The summed E-state index contributed by atoms with van der Waals surface area (Å²) in [5.41, 5.74) is 2.56. The molecule has 1 aromatic carbocycles. The number of pyridine rings is 1. The van der Waals surface area contributed by atoms with E-state index >= 15 is 0 Å². The van der Waals surface area contributed by atoms with Gasteiger partial charge in [-0.1, -0.05) is 32.4 Å². The highest BCUT2D eigenvalue weighted by atomic mass is 16.2. The first-order chi connectivity index (χ1) is 14.6.